The van der Waals surface area contributed by atoms with E-state index in [1.165, 1.54) is 6.92 Å². The van der Waals surface area contributed by atoms with Crippen LogP contribution in [-0.2, 0) is 9.59 Å². The van der Waals surface area contributed by atoms with Crippen molar-refractivity contribution in [2.75, 3.05) is 0 Å². The zero-order chi connectivity index (χ0) is 12.9. The van der Waals surface area contributed by atoms with E-state index in [1.54, 1.807) is 26.8 Å². The third-order valence-corrected chi connectivity index (χ3v) is 2.84. The van der Waals surface area contributed by atoms with Crippen molar-refractivity contribution >= 4 is 11.9 Å². The Labute approximate surface area is 96.7 Å². The largest absolute Gasteiger partial charge is 0.480 e. The zero-order valence-corrected chi connectivity index (χ0v) is 10.6. The molecule has 1 unspecified atom stereocenters. The van der Waals surface area contributed by atoms with Gasteiger partial charge in [-0.2, -0.15) is 0 Å². The van der Waals surface area contributed by atoms with E-state index in [4.69, 9.17) is 5.11 Å². The lowest BCUT2D eigenvalue weighted by Gasteiger charge is -2.30. The molecule has 0 heterocycles. The number of hydrogen-bond donors (Lipinski definition) is 2. The van der Waals surface area contributed by atoms with E-state index in [0.717, 1.165) is 6.42 Å². The number of allylic oxidation sites excluding steroid dienone is 1. The van der Waals surface area contributed by atoms with Gasteiger partial charge in [-0.1, -0.05) is 26.8 Å². The van der Waals surface area contributed by atoms with Crippen LogP contribution < -0.4 is 5.32 Å². The molecule has 0 bridgehead atoms. The predicted molar refractivity (Wildman–Crippen MR) is 63.1 cm³/mol. The Morgan fingerprint density at radius 2 is 1.94 bits per heavy atom. The van der Waals surface area contributed by atoms with E-state index in [0.29, 0.717) is 5.57 Å². The van der Waals surface area contributed by atoms with Crippen LogP contribution in [0.15, 0.2) is 11.6 Å². The first kappa shape index (κ1) is 14.7. The molecule has 0 radical (unpaired) electrons. The summed E-state index contributed by atoms with van der Waals surface area (Å²) in [6.45, 7) is 8.68. The number of rotatable bonds is 5. The quantitative estimate of drug-likeness (QED) is 0.705. The summed E-state index contributed by atoms with van der Waals surface area (Å²) >= 11 is 0. The van der Waals surface area contributed by atoms with Crippen LogP contribution in [0, 0.1) is 5.92 Å². The fourth-order valence-corrected chi connectivity index (χ4v) is 1.18. The van der Waals surface area contributed by atoms with Crippen LogP contribution in [0.25, 0.3) is 0 Å². The summed E-state index contributed by atoms with van der Waals surface area (Å²) < 4.78 is 0. The molecule has 0 aromatic carbocycles. The standard InChI is InChI=1S/C12H21NO3/c1-6-7-9(4)10(14)13-12(5,8(2)3)11(15)16/h7-8H,6H2,1-5H3,(H,13,14)(H,15,16)/b9-7-. The van der Waals surface area contributed by atoms with Gasteiger partial charge in [-0.25, -0.2) is 4.79 Å². The van der Waals surface area contributed by atoms with Crippen molar-refractivity contribution in [2.24, 2.45) is 5.92 Å². The molecule has 0 spiro atoms. The first-order chi connectivity index (χ1) is 7.25. The number of hydrogen-bond acceptors (Lipinski definition) is 2. The summed E-state index contributed by atoms with van der Waals surface area (Å²) in [5.74, 6) is -1.51. The molecule has 16 heavy (non-hydrogen) atoms. The molecule has 0 aromatic rings. The summed E-state index contributed by atoms with van der Waals surface area (Å²) in [4.78, 5) is 22.9. The van der Waals surface area contributed by atoms with Crippen LogP contribution >= 0.6 is 0 Å². The van der Waals surface area contributed by atoms with Gasteiger partial charge in [-0.05, 0) is 26.2 Å². The van der Waals surface area contributed by atoms with Crippen molar-refractivity contribution in [3.8, 4) is 0 Å². The Balaban J connectivity index is 4.86. The summed E-state index contributed by atoms with van der Waals surface area (Å²) in [6, 6.07) is 0. The zero-order valence-electron chi connectivity index (χ0n) is 10.6. The number of nitrogens with one attached hydrogen (secondary N) is 1. The van der Waals surface area contributed by atoms with Gasteiger partial charge in [0.25, 0.3) is 0 Å². The van der Waals surface area contributed by atoms with E-state index in [-0.39, 0.29) is 11.8 Å². The highest BCUT2D eigenvalue weighted by Crippen LogP contribution is 2.17. The van der Waals surface area contributed by atoms with Crippen LogP contribution in [-0.4, -0.2) is 22.5 Å². The average molecular weight is 227 g/mol. The third-order valence-electron chi connectivity index (χ3n) is 2.84. The Kier molecular flexibility index (Phi) is 5.21. The maximum atomic E-state index is 11.7. The molecule has 1 atom stereocenters. The highest BCUT2D eigenvalue weighted by atomic mass is 16.4. The van der Waals surface area contributed by atoms with Crippen molar-refractivity contribution in [1.82, 2.24) is 5.32 Å². The van der Waals surface area contributed by atoms with Gasteiger partial charge in [-0.15, -0.1) is 0 Å². The molecule has 0 aliphatic rings. The van der Waals surface area contributed by atoms with Gasteiger partial charge in [0.05, 0.1) is 0 Å². The average Bonchev–Trinajstić information content (AvgIpc) is 2.17. The smallest absolute Gasteiger partial charge is 0.329 e. The molecule has 4 nitrogen and oxygen atoms in total. The lowest BCUT2D eigenvalue weighted by molar-refractivity contribution is -0.148. The molecule has 1 amide bonds. The van der Waals surface area contributed by atoms with Gasteiger partial charge < -0.3 is 10.4 Å². The lowest BCUT2D eigenvalue weighted by atomic mass is 9.88. The van der Waals surface area contributed by atoms with E-state index in [1.807, 2.05) is 6.92 Å². The van der Waals surface area contributed by atoms with E-state index < -0.39 is 11.5 Å². The van der Waals surface area contributed by atoms with E-state index in [9.17, 15) is 9.59 Å². The van der Waals surface area contributed by atoms with E-state index in [2.05, 4.69) is 5.32 Å². The number of aliphatic carboxylic acids is 1. The van der Waals surface area contributed by atoms with Gasteiger partial charge >= 0.3 is 5.97 Å². The van der Waals surface area contributed by atoms with Crippen molar-refractivity contribution in [2.45, 2.75) is 46.6 Å². The van der Waals surface area contributed by atoms with Gasteiger partial charge in [0.2, 0.25) is 5.91 Å². The molecule has 0 aliphatic heterocycles. The number of amides is 1. The Bertz CT molecular complexity index is 307. The highest BCUT2D eigenvalue weighted by molar-refractivity contribution is 5.96. The van der Waals surface area contributed by atoms with E-state index >= 15 is 0 Å². The summed E-state index contributed by atoms with van der Waals surface area (Å²) in [7, 11) is 0. The van der Waals surface area contributed by atoms with Gasteiger partial charge in [0.1, 0.15) is 5.54 Å². The number of carboxylic acids is 1. The Hall–Kier alpha value is -1.32. The Morgan fingerprint density at radius 1 is 1.44 bits per heavy atom. The minimum Gasteiger partial charge on any atom is -0.480 e. The van der Waals surface area contributed by atoms with Gasteiger partial charge in [0.15, 0.2) is 0 Å². The van der Waals surface area contributed by atoms with Crippen LogP contribution in [0.5, 0.6) is 0 Å². The third kappa shape index (κ3) is 3.36. The topological polar surface area (TPSA) is 66.4 Å². The van der Waals surface area contributed by atoms with Crippen LogP contribution in [0.3, 0.4) is 0 Å². The monoisotopic (exact) mass is 227 g/mol. The van der Waals surface area contributed by atoms with Crippen LogP contribution in [0.1, 0.15) is 41.0 Å². The number of carboxylic acid groups (broad SMARTS) is 1. The molecule has 0 rings (SSSR count). The molecule has 0 fully saturated rings. The van der Waals surface area contributed by atoms with Gasteiger partial charge in [0, 0.05) is 5.57 Å². The maximum absolute atomic E-state index is 11.7. The fraction of sp³-hybridized carbons (Fsp3) is 0.667. The molecule has 0 saturated heterocycles. The summed E-state index contributed by atoms with van der Waals surface area (Å²) in [5, 5.41) is 11.7. The molecular weight excluding hydrogens is 206 g/mol. The van der Waals surface area contributed by atoms with Crippen molar-refractivity contribution < 1.29 is 14.7 Å². The fourth-order valence-electron chi connectivity index (χ4n) is 1.18. The molecule has 2 N–H and O–H groups in total. The SMILES string of the molecule is CC/C=C(/C)C(=O)NC(C)(C(=O)O)C(C)C. The van der Waals surface area contributed by atoms with Gasteiger partial charge in [-0.3, -0.25) is 4.79 Å². The van der Waals surface area contributed by atoms with Crippen LogP contribution in [0.2, 0.25) is 0 Å². The predicted octanol–water partition coefficient (Wildman–Crippen LogP) is 1.96. The molecule has 4 heteroatoms. The van der Waals surface area contributed by atoms with Crippen molar-refractivity contribution in [3.05, 3.63) is 11.6 Å². The van der Waals surface area contributed by atoms with Crippen molar-refractivity contribution in [1.29, 1.82) is 0 Å². The summed E-state index contributed by atoms with van der Waals surface area (Å²) in [6.07, 6.45) is 2.53. The summed E-state index contributed by atoms with van der Waals surface area (Å²) in [5.41, 5.74) is -0.671. The molecule has 92 valence electrons. The minimum atomic E-state index is -1.22. The lowest BCUT2D eigenvalue weighted by Crippen LogP contribution is -2.56. The first-order valence-corrected chi connectivity index (χ1v) is 5.48. The second-order valence-electron chi connectivity index (χ2n) is 4.41. The molecule has 0 saturated carbocycles. The first-order valence-electron chi connectivity index (χ1n) is 5.48. The minimum absolute atomic E-state index is 0.177. The highest BCUT2D eigenvalue weighted by Gasteiger charge is 2.38. The number of carbonyl (C=O) groups is 2. The second-order valence-corrected chi connectivity index (χ2v) is 4.41. The molecule has 0 aromatic heterocycles. The second kappa shape index (κ2) is 5.68. The van der Waals surface area contributed by atoms with Crippen LogP contribution in [0.4, 0.5) is 0 Å². The number of carbonyl (C=O) groups excluding carboxylic acids is 1. The molecular formula is C12H21NO3. The van der Waals surface area contributed by atoms with Crippen molar-refractivity contribution in [3.63, 3.8) is 0 Å². The maximum Gasteiger partial charge on any atom is 0.329 e. The Morgan fingerprint density at radius 3 is 2.25 bits per heavy atom. The molecule has 0 aliphatic carbocycles. The normalized spacial score (nSPS) is 15.8.